The summed E-state index contributed by atoms with van der Waals surface area (Å²) in [5.41, 5.74) is 1.03. The SMILES string of the molecule is Cn1c(O)c(N=NC(=O)Cn2c(C(F)(F)F)nc3ccccc32)c2ccccc21. The van der Waals surface area contributed by atoms with E-state index in [1.54, 1.807) is 43.4 Å². The number of nitrogens with zero attached hydrogens (tertiary/aromatic N) is 5. The Morgan fingerprint density at radius 3 is 2.48 bits per heavy atom. The van der Waals surface area contributed by atoms with E-state index in [4.69, 9.17) is 0 Å². The predicted molar refractivity (Wildman–Crippen MR) is 98.8 cm³/mol. The molecule has 148 valence electrons. The molecule has 29 heavy (non-hydrogen) atoms. The first-order valence-electron chi connectivity index (χ1n) is 8.51. The Bertz CT molecular complexity index is 1270. The molecule has 0 aliphatic carbocycles. The van der Waals surface area contributed by atoms with Gasteiger partial charge >= 0.3 is 6.18 Å². The van der Waals surface area contributed by atoms with Gasteiger partial charge in [0.25, 0.3) is 5.91 Å². The topological polar surface area (TPSA) is 84.8 Å². The third-order valence-corrected chi connectivity index (χ3v) is 4.51. The molecular weight excluding hydrogens is 387 g/mol. The van der Waals surface area contributed by atoms with Crippen molar-refractivity contribution in [3.63, 3.8) is 0 Å². The third kappa shape index (κ3) is 3.22. The minimum Gasteiger partial charge on any atom is -0.493 e. The molecule has 4 aromatic rings. The summed E-state index contributed by atoms with van der Waals surface area (Å²) in [4.78, 5) is 15.9. The van der Waals surface area contributed by atoms with Gasteiger partial charge in [0.15, 0.2) is 5.69 Å². The second kappa shape index (κ2) is 6.73. The molecule has 0 saturated carbocycles. The van der Waals surface area contributed by atoms with Gasteiger partial charge in [0.2, 0.25) is 11.7 Å². The molecule has 10 heteroatoms. The normalized spacial score (nSPS) is 12.4. The average Bonchev–Trinajstić information content (AvgIpc) is 3.17. The number of benzene rings is 2. The first kappa shape index (κ1) is 18.7. The van der Waals surface area contributed by atoms with Crippen LogP contribution >= 0.6 is 0 Å². The highest BCUT2D eigenvalue weighted by atomic mass is 19.4. The maximum atomic E-state index is 13.3. The number of alkyl halides is 3. The number of imidazole rings is 1. The number of aryl methyl sites for hydroxylation is 1. The fourth-order valence-electron chi connectivity index (χ4n) is 3.18. The fourth-order valence-corrected chi connectivity index (χ4v) is 3.18. The molecule has 1 amide bonds. The van der Waals surface area contributed by atoms with E-state index in [0.29, 0.717) is 10.9 Å². The van der Waals surface area contributed by atoms with Crippen LogP contribution < -0.4 is 0 Å². The summed E-state index contributed by atoms with van der Waals surface area (Å²) in [6, 6.07) is 12.9. The lowest BCUT2D eigenvalue weighted by molar-refractivity contribution is -0.147. The summed E-state index contributed by atoms with van der Waals surface area (Å²) >= 11 is 0. The lowest BCUT2D eigenvalue weighted by Gasteiger charge is -2.09. The van der Waals surface area contributed by atoms with E-state index in [1.807, 2.05) is 0 Å². The van der Waals surface area contributed by atoms with Crippen molar-refractivity contribution in [2.75, 3.05) is 0 Å². The number of halogens is 3. The summed E-state index contributed by atoms with van der Waals surface area (Å²) < 4.78 is 42.2. The molecule has 2 aromatic carbocycles. The molecule has 0 unspecified atom stereocenters. The number of hydrogen-bond donors (Lipinski definition) is 1. The van der Waals surface area contributed by atoms with Crippen molar-refractivity contribution in [3.05, 3.63) is 54.4 Å². The van der Waals surface area contributed by atoms with Crippen LogP contribution in [0.3, 0.4) is 0 Å². The number of fused-ring (bicyclic) bond motifs is 2. The van der Waals surface area contributed by atoms with Crippen molar-refractivity contribution >= 4 is 33.5 Å². The average molecular weight is 401 g/mol. The van der Waals surface area contributed by atoms with E-state index in [0.717, 1.165) is 4.57 Å². The van der Waals surface area contributed by atoms with Gasteiger partial charge in [0.1, 0.15) is 6.54 Å². The van der Waals surface area contributed by atoms with Crippen LogP contribution in [-0.4, -0.2) is 25.1 Å². The molecule has 2 aromatic heterocycles. The van der Waals surface area contributed by atoms with Gasteiger partial charge in [-0.05, 0) is 18.2 Å². The molecule has 0 saturated heterocycles. The van der Waals surface area contributed by atoms with Crippen LogP contribution in [0.25, 0.3) is 21.9 Å². The Morgan fingerprint density at radius 1 is 1.10 bits per heavy atom. The van der Waals surface area contributed by atoms with Gasteiger partial charge in [0, 0.05) is 12.4 Å². The lowest BCUT2D eigenvalue weighted by Crippen LogP contribution is -2.18. The van der Waals surface area contributed by atoms with Crippen molar-refractivity contribution in [1.82, 2.24) is 14.1 Å². The summed E-state index contributed by atoms with van der Waals surface area (Å²) in [6.07, 6.45) is -4.73. The van der Waals surface area contributed by atoms with Gasteiger partial charge in [-0.15, -0.1) is 10.2 Å². The van der Waals surface area contributed by atoms with Crippen LogP contribution in [0.1, 0.15) is 5.82 Å². The Hall–Kier alpha value is -3.69. The van der Waals surface area contributed by atoms with Crippen molar-refractivity contribution in [2.24, 2.45) is 17.3 Å². The van der Waals surface area contributed by atoms with E-state index >= 15 is 0 Å². The Labute approximate surface area is 161 Å². The summed E-state index contributed by atoms with van der Waals surface area (Å²) in [7, 11) is 1.62. The molecule has 4 rings (SSSR count). The Morgan fingerprint density at radius 2 is 1.76 bits per heavy atom. The number of aromatic hydroxyl groups is 1. The molecule has 0 aliphatic rings. The minimum absolute atomic E-state index is 0.0722. The molecule has 1 N–H and O–H groups in total. The summed E-state index contributed by atoms with van der Waals surface area (Å²) in [5, 5.41) is 18.1. The number of aromatic nitrogens is 3. The highest BCUT2D eigenvalue weighted by molar-refractivity contribution is 5.95. The van der Waals surface area contributed by atoms with Crippen LogP contribution in [0.2, 0.25) is 0 Å². The van der Waals surface area contributed by atoms with Crippen molar-refractivity contribution < 1.29 is 23.1 Å². The van der Waals surface area contributed by atoms with Crippen LogP contribution in [0.15, 0.2) is 58.8 Å². The quantitative estimate of drug-likeness (QED) is 0.511. The van der Waals surface area contributed by atoms with E-state index in [2.05, 4.69) is 15.2 Å². The number of carbonyl (C=O) groups is 1. The number of rotatable bonds is 3. The first-order chi connectivity index (χ1) is 13.8. The standard InChI is InChI=1S/C19H14F3N5O2/c1-26-13-8-4-2-6-11(13)16(17(26)29)25-24-15(28)10-27-14-9-5-3-7-12(14)23-18(27)19(20,21)22/h2-9,29H,10H2,1H3. The summed E-state index contributed by atoms with van der Waals surface area (Å²) in [6.45, 7) is -0.690. The third-order valence-electron chi connectivity index (χ3n) is 4.51. The zero-order valence-corrected chi connectivity index (χ0v) is 15.1. The zero-order chi connectivity index (χ0) is 20.8. The molecule has 0 atom stereocenters. The van der Waals surface area contributed by atoms with Gasteiger partial charge in [-0.1, -0.05) is 30.3 Å². The number of hydrogen-bond acceptors (Lipinski definition) is 4. The lowest BCUT2D eigenvalue weighted by atomic mass is 10.2. The van der Waals surface area contributed by atoms with Crippen molar-refractivity contribution in [2.45, 2.75) is 12.7 Å². The highest BCUT2D eigenvalue weighted by Crippen LogP contribution is 2.38. The fraction of sp³-hybridized carbons (Fsp3) is 0.158. The van der Waals surface area contributed by atoms with Crippen molar-refractivity contribution in [1.29, 1.82) is 0 Å². The van der Waals surface area contributed by atoms with E-state index < -0.39 is 24.5 Å². The van der Waals surface area contributed by atoms with Crippen LogP contribution in [0.4, 0.5) is 18.9 Å². The Kier molecular flexibility index (Phi) is 4.33. The molecule has 0 fully saturated rings. The monoisotopic (exact) mass is 401 g/mol. The van der Waals surface area contributed by atoms with Gasteiger partial charge in [-0.25, -0.2) is 4.98 Å². The van der Waals surface area contributed by atoms with E-state index in [9.17, 15) is 23.1 Å². The largest absolute Gasteiger partial charge is 0.493 e. The van der Waals surface area contributed by atoms with E-state index in [-0.39, 0.29) is 22.6 Å². The smallest absolute Gasteiger partial charge is 0.449 e. The second-order valence-corrected chi connectivity index (χ2v) is 6.35. The maximum Gasteiger partial charge on any atom is 0.449 e. The molecular formula is C19H14F3N5O2. The molecule has 0 bridgehead atoms. The molecule has 0 radical (unpaired) electrons. The molecule has 2 heterocycles. The van der Waals surface area contributed by atoms with Gasteiger partial charge in [-0.3, -0.25) is 4.79 Å². The van der Waals surface area contributed by atoms with Crippen LogP contribution in [-0.2, 0) is 24.6 Å². The van der Waals surface area contributed by atoms with Gasteiger partial charge < -0.3 is 14.2 Å². The number of para-hydroxylation sites is 3. The van der Waals surface area contributed by atoms with Crippen LogP contribution in [0, 0.1) is 0 Å². The molecule has 7 nitrogen and oxygen atoms in total. The Balaban J connectivity index is 1.69. The number of amides is 1. The predicted octanol–water partition coefficient (Wildman–Crippen LogP) is 4.56. The maximum absolute atomic E-state index is 13.3. The van der Waals surface area contributed by atoms with Gasteiger partial charge in [0.05, 0.1) is 16.6 Å². The van der Waals surface area contributed by atoms with Gasteiger partial charge in [-0.2, -0.15) is 13.2 Å². The zero-order valence-electron chi connectivity index (χ0n) is 15.1. The van der Waals surface area contributed by atoms with Crippen LogP contribution in [0.5, 0.6) is 5.88 Å². The van der Waals surface area contributed by atoms with Crippen molar-refractivity contribution in [3.8, 4) is 5.88 Å². The highest BCUT2D eigenvalue weighted by Gasteiger charge is 2.38. The summed E-state index contributed by atoms with van der Waals surface area (Å²) in [5.74, 6) is -2.30. The first-order valence-corrected chi connectivity index (χ1v) is 8.51. The molecule has 0 aliphatic heterocycles. The van der Waals surface area contributed by atoms with E-state index in [1.165, 1.54) is 16.7 Å². The molecule has 0 spiro atoms. The number of azo groups is 1. The second-order valence-electron chi connectivity index (χ2n) is 6.35. The number of carbonyl (C=O) groups excluding carboxylic acids is 1. The minimum atomic E-state index is -4.73.